The van der Waals surface area contributed by atoms with E-state index >= 15 is 0 Å². The molecule has 2 N–H and O–H groups in total. The molecule has 116 valence electrons. The Balaban J connectivity index is 2.22. The van der Waals surface area contributed by atoms with Gasteiger partial charge in [0.25, 0.3) is 0 Å². The van der Waals surface area contributed by atoms with Crippen molar-refractivity contribution in [2.24, 2.45) is 0 Å². The first kappa shape index (κ1) is 15.7. The predicted octanol–water partition coefficient (Wildman–Crippen LogP) is 3.83. The molecule has 0 aliphatic heterocycles. The second-order valence-electron chi connectivity index (χ2n) is 4.38. The van der Waals surface area contributed by atoms with Gasteiger partial charge in [0, 0.05) is 6.54 Å². The molecule has 0 unspecified atom stereocenters. The Labute approximate surface area is 122 Å². The van der Waals surface area contributed by atoms with Crippen LogP contribution in [0, 0.1) is 0 Å². The second-order valence-corrected chi connectivity index (χ2v) is 5.27. The zero-order chi connectivity index (χ0) is 15.5. The maximum atomic E-state index is 13.0. The fraction of sp³-hybridized carbons (Fsp3) is 0.500. The Bertz CT molecular complexity index is 602. The third-order valence-corrected chi connectivity index (χ3v) is 3.48. The molecular formula is C12H14F4N4S. The molecule has 0 aliphatic carbocycles. The van der Waals surface area contributed by atoms with Crippen LogP contribution in [0.1, 0.15) is 13.3 Å². The summed E-state index contributed by atoms with van der Waals surface area (Å²) >= 11 is 1.32. The predicted molar refractivity (Wildman–Crippen MR) is 75.6 cm³/mol. The number of nitrogens with zero attached hydrogens (tertiary/aromatic N) is 2. The van der Waals surface area contributed by atoms with E-state index in [4.69, 9.17) is 0 Å². The summed E-state index contributed by atoms with van der Waals surface area (Å²) in [7, 11) is 0. The molecule has 4 nitrogen and oxygen atoms in total. The first-order valence-electron chi connectivity index (χ1n) is 6.33. The van der Waals surface area contributed by atoms with E-state index in [9.17, 15) is 17.6 Å². The lowest BCUT2D eigenvalue weighted by Crippen LogP contribution is -2.35. The van der Waals surface area contributed by atoms with Crippen LogP contribution in [-0.2, 0) is 0 Å². The van der Waals surface area contributed by atoms with E-state index in [1.54, 1.807) is 11.4 Å². The van der Waals surface area contributed by atoms with Crippen molar-refractivity contribution in [1.29, 1.82) is 0 Å². The highest BCUT2D eigenvalue weighted by Crippen LogP contribution is 2.28. The van der Waals surface area contributed by atoms with E-state index in [0.717, 1.165) is 6.42 Å². The molecule has 2 heterocycles. The smallest absolute Gasteiger partial charge is 0.324 e. The second kappa shape index (κ2) is 6.42. The average Bonchev–Trinajstić information content (AvgIpc) is 2.90. The van der Waals surface area contributed by atoms with E-state index in [-0.39, 0.29) is 11.8 Å². The zero-order valence-corrected chi connectivity index (χ0v) is 12.0. The Morgan fingerprint density at radius 2 is 2.05 bits per heavy atom. The molecule has 0 atom stereocenters. The first-order valence-corrected chi connectivity index (χ1v) is 7.21. The molecule has 2 aromatic rings. The van der Waals surface area contributed by atoms with Gasteiger partial charge in [0.1, 0.15) is 10.6 Å². The number of rotatable bonds is 7. The fourth-order valence-electron chi connectivity index (χ4n) is 1.58. The molecular weight excluding hydrogens is 308 g/mol. The number of hydrogen-bond acceptors (Lipinski definition) is 5. The lowest BCUT2D eigenvalue weighted by molar-refractivity contribution is -0.117. The van der Waals surface area contributed by atoms with Gasteiger partial charge in [-0.15, -0.1) is 11.3 Å². The minimum Gasteiger partial charge on any atom is -0.363 e. The van der Waals surface area contributed by atoms with E-state index in [0.29, 0.717) is 16.8 Å². The summed E-state index contributed by atoms with van der Waals surface area (Å²) < 4.78 is 50.3. The molecule has 2 rings (SSSR count). The van der Waals surface area contributed by atoms with Crippen molar-refractivity contribution in [3.63, 3.8) is 0 Å². The number of hydrogen-bond donors (Lipinski definition) is 2. The Hall–Kier alpha value is -1.64. The van der Waals surface area contributed by atoms with Gasteiger partial charge in [0.15, 0.2) is 0 Å². The number of anilines is 2. The monoisotopic (exact) mass is 322 g/mol. The molecule has 0 aromatic carbocycles. The Morgan fingerprint density at radius 1 is 1.29 bits per heavy atom. The van der Waals surface area contributed by atoms with Gasteiger partial charge in [-0.25, -0.2) is 13.8 Å². The summed E-state index contributed by atoms with van der Waals surface area (Å²) in [5.41, 5.74) is 0. The van der Waals surface area contributed by atoms with Crippen LogP contribution in [0.4, 0.5) is 29.3 Å². The summed E-state index contributed by atoms with van der Waals surface area (Å²) in [6.07, 6.45) is -2.87. The van der Waals surface area contributed by atoms with Gasteiger partial charge in [0.2, 0.25) is 5.95 Å². The third kappa shape index (κ3) is 3.72. The Morgan fingerprint density at radius 3 is 2.71 bits per heavy atom. The van der Waals surface area contributed by atoms with Gasteiger partial charge < -0.3 is 10.6 Å². The van der Waals surface area contributed by atoms with Crippen molar-refractivity contribution in [1.82, 2.24) is 9.97 Å². The molecule has 0 aliphatic rings. The number of fused-ring (bicyclic) bond motifs is 1. The highest BCUT2D eigenvalue weighted by molar-refractivity contribution is 7.16. The van der Waals surface area contributed by atoms with Crippen LogP contribution in [0.3, 0.4) is 0 Å². The SMILES string of the molecule is CCCNc1nc(NCC(F)(F)C(F)F)c2ccsc2n1. The lowest BCUT2D eigenvalue weighted by atomic mass is 10.3. The van der Waals surface area contributed by atoms with Crippen LogP contribution in [0.5, 0.6) is 0 Å². The molecule has 0 saturated carbocycles. The zero-order valence-electron chi connectivity index (χ0n) is 11.2. The summed E-state index contributed by atoms with van der Waals surface area (Å²) in [6, 6.07) is 1.66. The number of thiophene rings is 1. The van der Waals surface area contributed by atoms with Crippen LogP contribution in [-0.4, -0.2) is 35.4 Å². The van der Waals surface area contributed by atoms with E-state index in [1.165, 1.54) is 11.3 Å². The van der Waals surface area contributed by atoms with E-state index in [2.05, 4.69) is 20.6 Å². The van der Waals surface area contributed by atoms with Crippen LogP contribution >= 0.6 is 11.3 Å². The van der Waals surface area contributed by atoms with Crippen molar-refractivity contribution in [3.8, 4) is 0 Å². The number of halogens is 4. The molecule has 0 radical (unpaired) electrons. The number of aromatic nitrogens is 2. The number of nitrogens with one attached hydrogen (secondary N) is 2. The van der Waals surface area contributed by atoms with Gasteiger partial charge in [0.05, 0.1) is 11.9 Å². The van der Waals surface area contributed by atoms with Crippen molar-refractivity contribution in [2.45, 2.75) is 25.7 Å². The normalized spacial score (nSPS) is 12.1. The minimum absolute atomic E-state index is 0.125. The Kier molecular flexibility index (Phi) is 4.81. The highest BCUT2D eigenvalue weighted by atomic mass is 32.1. The van der Waals surface area contributed by atoms with Crippen molar-refractivity contribution in [2.75, 3.05) is 23.7 Å². The topological polar surface area (TPSA) is 49.8 Å². The lowest BCUT2D eigenvalue weighted by Gasteiger charge is -2.17. The summed E-state index contributed by atoms with van der Waals surface area (Å²) in [6.45, 7) is 1.41. The van der Waals surface area contributed by atoms with E-state index < -0.39 is 18.9 Å². The summed E-state index contributed by atoms with van der Waals surface area (Å²) in [4.78, 5) is 8.90. The first-order chi connectivity index (χ1) is 9.94. The average molecular weight is 322 g/mol. The van der Waals surface area contributed by atoms with Crippen LogP contribution in [0.15, 0.2) is 11.4 Å². The van der Waals surface area contributed by atoms with Gasteiger partial charge in [-0.3, -0.25) is 0 Å². The molecule has 9 heteroatoms. The number of alkyl halides is 4. The molecule has 21 heavy (non-hydrogen) atoms. The van der Waals surface area contributed by atoms with Crippen LogP contribution in [0.2, 0.25) is 0 Å². The van der Waals surface area contributed by atoms with Gasteiger partial charge in [-0.05, 0) is 17.9 Å². The molecule has 0 fully saturated rings. The fourth-order valence-corrected chi connectivity index (χ4v) is 2.35. The highest BCUT2D eigenvalue weighted by Gasteiger charge is 2.40. The maximum absolute atomic E-state index is 13.0. The van der Waals surface area contributed by atoms with Crippen molar-refractivity contribution in [3.05, 3.63) is 11.4 Å². The molecule has 0 saturated heterocycles. The quantitative estimate of drug-likeness (QED) is 0.761. The van der Waals surface area contributed by atoms with Gasteiger partial charge in [-0.2, -0.15) is 13.8 Å². The van der Waals surface area contributed by atoms with E-state index in [1.807, 2.05) is 6.92 Å². The molecule has 2 aromatic heterocycles. The molecule has 0 amide bonds. The van der Waals surface area contributed by atoms with Crippen molar-refractivity contribution < 1.29 is 17.6 Å². The summed E-state index contributed by atoms with van der Waals surface area (Å²) in [5.74, 6) is -3.69. The minimum atomic E-state index is -4.11. The van der Waals surface area contributed by atoms with Crippen LogP contribution < -0.4 is 10.6 Å². The standard InChI is InChI=1S/C12H14F4N4S/c1-2-4-17-11-19-8(7-3-5-21-9(7)20-11)18-6-12(15,16)10(13)14/h3,5,10H,2,4,6H2,1H3,(H2,17,18,19,20). The molecule has 0 bridgehead atoms. The van der Waals surface area contributed by atoms with Gasteiger partial charge in [-0.1, -0.05) is 6.92 Å². The summed E-state index contributed by atoms with van der Waals surface area (Å²) in [5, 5.41) is 7.51. The third-order valence-electron chi connectivity index (χ3n) is 2.67. The largest absolute Gasteiger partial charge is 0.363 e. The van der Waals surface area contributed by atoms with Gasteiger partial charge >= 0.3 is 12.3 Å². The maximum Gasteiger partial charge on any atom is 0.324 e. The van der Waals surface area contributed by atoms with Crippen LogP contribution in [0.25, 0.3) is 10.2 Å². The molecule has 0 spiro atoms. The van der Waals surface area contributed by atoms with Crippen molar-refractivity contribution >= 4 is 33.3 Å².